The molecule has 3 nitrogen and oxygen atoms in total. The molecule has 0 saturated carbocycles. The molecule has 2 rings (SSSR count). The Hall–Kier alpha value is -1.51. The van der Waals surface area contributed by atoms with Crippen LogP contribution < -0.4 is 0 Å². The highest BCUT2D eigenvalue weighted by molar-refractivity contribution is 5.67. The number of aryl methyl sites for hydroxylation is 1. The van der Waals surface area contributed by atoms with Gasteiger partial charge in [0, 0.05) is 13.1 Å². The van der Waals surface area contributed by atoms with Crippen molar-refractivity contribution in [1.82, 2.24) is 4.90 Å². The average molecular weight is 219 g/mol. The van der Waals surface area contributed by atoms with Crippen molar-refractivity contribution in [2.45, 2.75) is 26.4 Å². The Morgan fingerprint density at radius 1 is 1.25 bits per heavy atom. The molecule has 16 heavy (non-hydrogen) atoms. The monoisotopic (exact) mass is 219 g/mol. The van der Waals surface area contributed by atoms with Gasteiger partial charge in [-0.15, -0.1) is 0 Å². The lowest BCUT2D eigenvalue weighted by atomic mass is 10.2. The summed E-state index contributed by atoms with van der Waals surface area (Å²) in [5.74, 6) is 0. The summed E-state index contributed by atoms with van der Waals surface area (Å²) in [7, 11) is 0. The topological polar surface area (TPSA) is 29.5 Å². The van der Waals surface area contributed by atoms with Gasteiger partial charge in [-0.1, -0.05) is 29.8 Å². The molecule has 0 unspecified atom stereocenters. The molecular formula is C13H17NO2. The number of likely N-dealkylation sites (tertiary alicyclic amines) is 1. The van der Waals surface area contributed by atoms with E-state index < -0.39 is 0 Å². The third-order valence-electron chi connectivity index (χ3n) is 2.85. The lowest BCUT2D eigenvalue weighted by Crippen LogP contribution is -2.28. The zero-order valence-corrected chi connectivity index (χ0v) is 9.61. The van der Waals surface area contributed by atoms with E-state index in [1.807, 2.05) is 31.2 Å². The number of hydrogen-bond acceptors (Lipinski definition) is 2. The normalized spacial score (nSPS) is 15.2. The highest BCUT2D eigenvalue weighted by Gasteiger charge is 2.18. The van der Waals surface area contributed by atoms with Gasteiger partial charge in [0.15, 0.2) is 0 Å². The lowest BCUT2D eigenvalue weighted by Gasteiger charge is -2.14. The van der Waals surface area contributed by atoms with Crippen LogP contribution in [0.1, 0.15) is 24.0 Å². The standard InChI is InChI=1S/C13H17NO2/c1-11-4-6-12(7-5-11)10-16-13(15)14-8-2-3-9-14/h4-7H,2-3,8-10H2,1H3. The van der Waals surface area contributed by atoms with Crippen LogP contribution in [0.5, 0.6) is 0 Å². The van der Waals surface area contributed by atoms with Gasteiger partial charge in [0.25, 0.3) is 0 Å². The van der Waals surface area contributed by atoms with Crippen LogP contribution in [0.25, 0.3) is 0 Å². The zero-order valence-electron chi connectivity index (χ0n) is 9.61. The number of ether oxygens (including phenoxy) is 1. The van der Waals surface area contributed by atoms with Crippen LogP contribution >= 0.6 is 0 Å². The maximum atomic E-state index is 11.6. The first-order valence-corrected chi connectivity index (χ1v) is 5.73. The summed E-state index contributed by atoms with van der Waals surface area (Å²) in [6.45, 7) is 4.09. The molecule has 3 heteroatoms. The Labute approximate surface area is 96.0 Å². The molecule has 1 saturated heterocycles. The maximum Gasteiger partial charge on any atom is 0.410 e. The summed E-state index contributed by atoms with van der Waals surface area (Å²) >= 11 is 0. The first-order valence-electron chi connectivity index (χ1n) is 5.73. The fourth-order valence-electron chi connectivity index (χ4n) is 1.82. The van der Waals surface area contributed by atoms with Gasteiger partial charge in [-0.25, -0.2) is 4.79 Å². The third kappa shape index (κ3) is 2.75. The first kappa shape index (κ1) is 11.0. The summed E-state index contributed by atoms with van der Waals surface area (Å²) in [4.78, 5) is 13.4. The van der Waals surface area contributed by atoms with E-state index in [-0.39, 0.29) is 6.09 Å². The molecule has 0 radical (unpaired) electrons. The van der Waals surface area contributed by atoms with Gasteiger partial charge < -0.3 is 9.64 Å². The molecule has 0 atom stereocenters. The number of amides is 1. The molecule has 1 amide bonds. The van der Waals surface area contributed by atoms with Crippen LogP contribution in [0, 0.1) is 6.92 Å². The van der Waals surface area contributed by atoms with E-state index in [0.29, 0.717) is 6.61 Å². The first-order chi connectivity index (χ1) is 7.75. The van der Waals surface area contributed by atoms with Crippen molar-refractivity contribution >= 4 is 6.09 Å². The molecule has 0 spiro atoms. The number of carbonyl (C=O) groups is 1. The van der Waals surface area contributed by atoms with Gasteiger partial charge in [-0.05, 0) is 25.3 Å². The molecule has 0 aromatic heterocycles. The van der Waals surface area contributed by atoms with Gasteiger partial charge in [-0.3, -0.25) is 0 Å². The summed E-state index contributed by atoms with van der Waals surface area (Å²) in [6, 6.07) is 8.04. The van der Waals surface area contributed by atoms with Crippen LogP contribution in [-0.2, 0) is 11.3 Å². The number of hydrogen-bond donors (Lipinski definition) is 0. The van der Waals surface area contributed by atoms with Crippen LogP contribution in [0.2, 0.25) is 0 Å². The van der Waals surface area contributed by atoms with Gasteiger partial charge in [-0.2, -0.15) is 0 Å². The molecular weight excluding hydrogens is 202 g/mol. The minimum Gasteiger partial charge on any atom is -0.445 e. The largest absolute Gasteiger partial charge is 0.445 e. The van der Waals surface area contributed by atoms with Crippen molar-refractivity contribution in [2.24, 2.45) is 0 Å². The van der Waals surface area contributed by atoms with Crippen molar-refractivity contribution in [2.75, 3.05) is 13.1 Å². The Bertz CT molecular complexity index is 353. The number of nitrogens with zero attached hydrogens (tertiary/aromatic N) is 1. The molecule has 1 fully saturated rings. The van der Waals surface area contributed by atoms with Crippen molar-refractivity contribution in [1.29, 1.82) is 0 Å². The minimum absolute atomic E-state index is 0.182. The Kier molecular flexibility index (Phi) is 3.44. The SMILES string of the molecule is Cc1ccc(COC(=O)N2CCCC2)cc1. The van der Waals surface area contributed by atoms with E-state index in [4.69, 9.17) is 4.74 Å². The summed E-state index contributed by atoms with van der Waals surface area (Å²) < 4.78 is 5.24. The van der Waals surface area contributed by atoms with Crippen LogP contribution in [-0.4, -0.2) is 24.1 Å². The van der Waals surface area contributed by atoms with E-state index in [2.05, 4.69) is 0 Å². The predicted molar refractivity (Wildman–Crippen MR) is 62.2 cm³/mol. The van der Waals surface area contributed by atoms with Gasteiger partial charge in [0.05, 0.1) is 0 Å². The van der Waals surface area contributed by atoms with Crippen molar-refractivity contribution in [3.63, 3.8) is 0 Å². The molecule has 0 aliphatic carbocycles. The number of benzene rings is 1. The fourth-order valence-corrected chi connectivity index (χ4v) is 1.82. The van der Waals surface area contributed by atoms with E-state index >= 15 is 0 Å². The van der Waals surface area contributed by atoms with Crippen LogP contribution in [0.15, 0.2) is 24.3 Å². The van der Waals surface area contributed by atoms with Crippen molar-refractivity contribution in [3.05, 3.63) is 35.4 Å². The molecule has 0 bridgehead atoms. The summed E-state index contributed by atoms with van der Waals surface area (Å²) in [5.41, 5.74) is 2.26. The molecule has 1 aliphatic rings. The summed E-state index contributed by atoms with van der Waals surface area (Å²) in [5, 5.41) is 0. The number of rotatable bonds is 2. The Balaban J connectivity index is 1.82. The van der Waals surface area contributed by atoms with Gasteiger partial charge in [0.2, 0.25) is 0 Å². The minimum atomic E-state index is -0.182. The van der Waals surface area contributed by atoms with E-state index in [1.165, 1.54) is 5.56 Å². The quantitative estimate of drug-likeness (QED) is 0.765. The lowest BCUT2D eigenvalue weighted by molar-refractivity contribution is 0.104. The predicted octanol–water partition coefficient (Wildman–Crippen LogP) is 2.73. The maximum absolute atomic E-state index is 11.6. The molecule has 1 aromatic carbocycles. The van der Waals surface area contributed by atoms with Crippen molar-refractivity contribution < 1.29 is 9.53 Å². The molecule has 86 valence electrons. The second-order valence-electron chi connectivity index (χ2n) is 4.23. The molecule has 1 heterocycles. The van der Waals surface area contributed by atoms with Crippen LogP contribution in [0.4, 0.5) is 4.79 Å². The molecule has 1 aromatic rings. The third-order valence-corrected chi connectivity index (χ3v) is 2.85. The van der Waals surface area contributed by atoms with Crippen molar-refractivity contribution in [3.8, 4) is 0 Å². The zero-order chi connectivity index (χ0) is 11.4. The second kappa shape index (κ2) is 5.01. The molecule has 0 N–H and O–H groups in total. The van der Waals surface area contributed by atoms with E-state index in [9.17, 15) is 4.79 Å². The fraction of sp³-hybridized carbons (Fsp3) is 0.462. The van der Waals surface area contributed by atoms with E-state index in [1.54, 1.807) is 4.90 Å². The van der Waals surface area contributed by atoms with E-state index in [0.717, 1.165) is 31.5 Å². The van der Waals surface area contributed by atoms with Gasteiger partial charge in [0.1, 0.15) is 6.61 Å². The van der Waals surface area contributed by atoms with Crippen LogP contribution in [0.3, 0.4) is 0 Å². The van der Waals surface area contributed by atoms with Gasteiger partial charge >= 0.3 is 6.09 Å². The summed E-state index contributed by atoms with van der Waals surface area (Å²) in [6.07, 6.45) is 2.01. The molecule has 1 aliphatic heterocycles. The highest BCUT2D eigenvalue weighted by Crippen LogP contribution is 2.10. The Morgan fingerprint density at radius 2 is 1.88 bits per heavy atom. The highest BCUT2D eigenvalue weighted by atomic mass is 16.6. The average Bonchev–Trinajstić information content (AvgIpc) is 2.81. The second-order valence-corrected chi connectivity index (χ2v) is 4.23. The Morgan fingerprint density at radius 3 is 2.50 bits per heavy atom. The number of carbonyl (C=O) groups excluding carboxylic acids is 1. The smallest absolute Gasteiger partial charge is 0.410 e.